The average molecular weight is 230 g/mol. The summed E-state index contributed by atoms with van der Waals surface area (Å²) < 4.78 is 13.2. The number of hydrogen-bond donors (Lipinski definition) is 1. The Kier molecular flexibility index (Phi) is 2.11. The molecule has 1 aromatic carbocycles. The first kappa shape index (κ1) is 10.2. The Morgan fingerprint density at radius 3 is 2.94 bits per heavy atom. The molecular weight excluding hydrogens is 219 g/mol. The third-order valence-electron chi connectivity index (χ3n) is 3.19. The van der Waals surface area contributed by atoms with Crippen molar-refractivity contribution >= 4 is 22.4 Å². The number of nitrogens with zero attached hydrogens (tertiary/aromatic N) is 1. The molecule has 0 saturated carbocycles. The van der Waals surface area contributed by atoms with Crippen molar-refractivity contribution in [2.45, 2.75) is 19.3 Å². The number of nitrogen functional groups attached to an aromatic ring is 1. The number of pyridine rings is 1. The fourth-order valence-electron chi connectivity index (χ4n) is 2.33. The minimum absolute atomic E-state index is 0.0316. The number of hydrogen-bond acceptors (Lipinski definition) is 3. The van der Waals surface area contributed by atoms with Crippen molar-refractivity contribution in [3.8, 4) is 0 Å². The molecule has 3 nitrogen and oxygen atoms in total. The maximum absolute atomic E-state index is 13.2. The van der Waals surface area contributed by atoms with Gasteiger partial charge in [-0.3, -0.25) is 4.79 Å². The lowest BCUT2D eigenvalue weighted by Crippen LogP contribution is -2.15. The highest BCUT2D eigenvalue weighted by atomic mass is 19.1. The van der Waals surface area contributed by atoms with E-state index in [2.05, 4.69) is 4.98 Å². The molecule has 0 bridgehead atoms. The van der Waals surface area contributed by atoms with E-state index in [-0.39, 0.29) is 11.6 Å². The molecule has 2 aromatic rings. The summed E-state index contributed by atoms with van der Waals surface area (Å²) in [5, 5.41) is 0.596. The van der Waals surface area contributed by atoms with E-state index in [9.17, 15) is 9.18 Å². The smallest absolute Gasteiger partial charge is 0.181 e. The fraction of sp³-hybridized carbons (Fsp3) is 0.231. The number of nitrogens with two attached hydrogens (primary N) is 1. The number of halogens is 1. The lowest BCUT2D eigenvalue weighted by molar-refractivity contribution is 0.0968. The predicted molar refractivity (Wildman–Crippen MR) is 63.4 cm³/mol. The van der Waals surface area contributed by atoms with Crippen LogP contribution in [0.2, 0.25) is 0 Å². The number of Topliss-reactive ketones (excluding diaryl/α,β-unsaturated/α-hetero) is 1. The van der Waals surface area contributed by atoms with Gasteiger partial charge in [0, 0.05) is 23.1 Å². The standard InChI is InChI=1S/C13H11FN2O/c14-7-4-5-10-9(6-7)12(15)8-2-1-3-11(17)13(8)16-10/h4-6H,1-3H2,(H2,15,16). The molecule has 4 heteroatoms. The summed E-state index contributed by atoms with van der Waals surface area (Å²) in [5.74, 6) is -0.308. The van der Waals surface area contributed by atoms with Crippen molar-refractivity contribution in [1.82, 2.24) is 4.98 Å². The normalized spacial score (nSPS) is 15.0. The van der Waals surface area contributed by atoms with Crippen LogP contribution < -0.4 is 5.73 Å². The summed E-state index contributed by atoms with van der Waals surface area (Å²) in [4.78, 5) is 16.1. The van der Waals surface area contributed by atoms with Gasteiger partial charge in [-0.15, -0.1) is 0 Å². The van der Waals surface area contributed by atoms with Gasteiger partial charge in [0.25, 0.3) is 0 Å². The molecular formula is C13H11FN2O. The molecule has 17 heavy (non-hydrogen) atoms. The highest BCUT2D eigenvalue weighted by molar-refractivity contribution is 6.03. The van der Waals surface area contributed by atoms with Gasteiger partial charge in [0.15, 0.2) is 5.78 Å². The van der Waals surface area contributed by atoms with Crippen LogP contribution in [-0.4, -0.2) is 10.8 Å². The van der Waals surface area contributed by atoms with Crippen molar-refractivity contribution in [1.29, 1.82) is 0 Å². The second kappa shape index (κ2) is 3.52. The van der Waals surface area contributed by atoms with Crippen LogP contribution in [0.1, 0.15) is 28.9 Å². The van der Waals surface area contributed by atoms with Gasteiger partial charge < -0.3 is 5.73 Å². The zero-order valence-corrected chi connectivity index (χ0v) is 9.16. The van der Waals surface area contributed by atoms with E-state index in [4.69, 9.17) is 5.73 Å². The Balaban J connectivity index is 2.39. The van der Waals surface area contributed by atoms with Crippen molar-refractivity contribution in [2.75, 3.05) is 5.73 Å². The molecule has 0 saturated heterocycles. The number of anilines is 1. The van der Waals surface area contributed by atoms with Gasteiger partial charge in [0.05, 0.1) is 5.52 Å². The van der Waals surface area contributed by atoms with Crippen LogP contribution in [0, 0.1) is 5.82 Å². The van der Waals surface area contributed by atoms with Gasteiger partial charge in [0.2, 0.25) is 0 Å². The van der Waals surface area contributed by atoms with Gasteiger partial charge in [0.1, 0.15) is 11.5 Å². The van der Waals surface area contributed by atoms with E-state index < -0.39 is 0 Å². The Labute approximate surface area is 97.5 Å². The van der Waals surface area contributed by atoms with Crippen LogP contribution in [0.4, 0.5) is 10.1 Å². The highest BCUT2D eigenvalue weighted by Crippen LogP contribution is 2.31. The third-order valence-corrected chi connectivity index (χ3v) is 3.19. The summed E-state index contributed by atoms with van der Waals surface area (Å²) in [7, 11) is 0. The number of carbonyl (C=O) groups is 1. The van der Waals surface area contributed by atoms with E-state index in [0.29, 0.717) is 28.7 Å². The van der Waals surface area contributed by atoms with E-state index >= 15 is 0 Å². The number of aromatic nitrogens is 1. The van der Waals surface area contributed by atoms with Gasteiger partial charge in [-0.2, -0.15) is 0 Å². The zero-order valence-electron chi connectivity index (χ0n) is 9.16. The Morgan fingerprint density at radius 1 is 1.29 bits per heavy atom. The van der Waals surface area contributed by atoms with Gasteiger partial charge in [-0.1, -0.05) is 0 Å². The SMILES string of the molecule is Nc1c2c(nc3ccc(F)cc13)C(=O)CCC2. The Morgan fingerprint density at radius 2 is 2.12 bits per heavy atom. The molecule has 0 unspecified atom stereocenters. The topological polar surface area (TPSA) is 56.0 Å². The maximum atomic E-state index is 13.2. The average Bonchev–Trinajstić information content (AvgIpc) is 2.32. The monoisotopic (exact) mass is 230 g/mol. The minimum Gasteiger partial charge on any atom is -0.398 e. The largest absolute Gasteiger partial charge is 0.398 e. The molecule has 1 aliphatic rings. The number of benzene rings is 1. The van der Waals surface area contributed by atoms with E-state index in [1.807, 2.05) is 0 Å². The van der Waals surface area contributed by atoms with Gasteiger partial charge >= 0.3 is 0 Å². The summed E-state index contributed by atoms with van der Waals surface area (Å²) in [6.45, 7) is 0. The molecule has 1 heterocycles. The van der Waals surface area contributed by atoms with Crippen LogP contribution in [-0.2, 0) is 6.42 Å². The third kappa shape index (κ3) is 1.48. The maximum Gasteiger partial charge on any atom is 0.181 e. The van der Waals surface area contributed by atoms with Crippen molar-refractivity contribution in [3.05, 3.63) is 35.3 Å². The lowest BCUT2D eigenvalue weighted by Gasteiger charge is -2.17. The zero-order chi connectivity index (χ0) is 12.0. The van der Waals surface area contributed by atoms with E-state index in [1.54, 1.807) is 6.07 Å². The molecule has 0 amide bonds. The molecule has 2 N–H and O–H groups in total. The second-order valence-corrected chi connectivity index (χ2v) is 4.29. The van der Waals surface area contributed by atoms with E-state index in [1.165, 1.54) is 12.1 Å². The molecule has 0 fully saturated rings. The minimum atomic E-state index is -0.340. The van der Waals surface area contributed by atoms with E-state index in [0.717, 1.165) is 18.4 Å². The summed E-state index contributed by atoms with van der Waals surface area (Å²) in [6.07, 6.45) is 2.05. The Hall–Kier alpha value is -1.97. The number of carbonyl (C=O) groups excluding carboxylic acids is 1. The molecule has 0 atom stereocenters. The number of rotatable bonds is 0. The predicted octanol–water partition coefficient (Wildman–Crippen LogP) is 2.48. The summed E-state index contributed by atoms with van der Waals surface area (Å²) >= 11 is 0. The van der Waals surface area contributed by atoms with Crippen molar-refractivity contribution in [2.24, 2.45) is 0 Å². The van der Waals surface area contributed by atoms with Crippen molar-refractivity contribution in [3.63, 3.8) is 0 Å². The number of fused-ring (bicyclic) bond motifs is 2. The Bertz CT molecular complexity index is 637. The number of ketones is 1. The molecule has 0 spiro atoms. The first-order valence-electron chi connectivity index (χ1n) is 5.57. The van der Waals surface area contributed by atoms with Gasteiger partial charge in [-0.25, -0.2) is 9.37 Å². The second-order valence-electron chi connectivity index (χ2n) is 4.29. The molecule has 0 radical (unpaired) electrons. The van der Waals surface area contributed by atoms with Crippen LogP contribution in [0.15, 0.2) is 18.2 Å². The molecule has 0 aliphatic heterocycles. The molecule has 3 rings (SSSR count). The molecule has 86 valence electrons. The summed E-state index contributed by atoms with van der Waals surface area (Å²) in [6, 6.07) is 4.26. The van der Waals surface area contributed by atoms with Crippen LogP contribution >= 0.6 is 0 Å². The fourth-order valence-corrected chi connectivity index (χ4v) is 2.33. The van der Waals surface area contributed by atoms with Crippen LogP contribution in [0.5, 0.6) is 0 Å². The van der Waals surface area contributed by atoms with Crippen LogP contribution in [0.3, 0.4) is 0 Å². The van der Waals surface area contributed by atoms with Crippen LogP contribution in [0.25, 0.3) is 10.9 Å². The van der Waals surface area contributed by atoms with Crippen molar-refractivity contribution < 1.29 is 9.18 Å². The van der Waals surface area contributed by atoms with Gasteiger partial charge in [-0.05, 0) is 31.0 Å². The quantitative estimate of drug-likeness (QED) is 0.756. The first-order valence-corrected chi connectivity index (χ1v) is 5.57. The summed E-state index contributed by atoms with van der Waals surface area (Å²) in [5.41, 5.74) is 8.33. The highest BCUT2D eigenvalue weighted by Gasteiger charge is 2.22. The molecule has 1 aromatic heterocycles. The molecule has 1 aliphatic carbocycles. The first-order chi connectivity index (χ1) is 8.16. The lowest BCUT2D eigenvalue weighted by atomic mass is 9.92.